The number of aliphatic hydroxyl groups excluding tert-OH is 1. The molecule has 1 aromatic rings. The lowest BCUT2D eigenvalue weighted by molar-refractivity contribution is -0.155. The molecule has 0 bridgehead atoms. The van der Waals surface area contributed by atoms with Gasteiger partial charge in [0.05, 0.1) is 30.3 Å². The van der Waals surface area contributed by atoms with Crippen LogP contribution in [0.5, 0.6) is 0 Å². The van der Waals surface area contributed by atoms with Gasteiger partial charge in [-0.3, -0.25) is 24.0 Å². The number of aliphatic hydroxyl groups is 1. The van der Waals surface area contributed by atoms with Crippen LogP contribution in [0.4, 0.5) is 0 Å². The normalized spacial score (nSPS) is 15.9. The van der Waals surface area contributed by atoms with Crippen LogP contribution in [0.3, 0.4) is 0 Å². The Hall–Kier alpha value is -3.39. The van der Waals surface area contributed by atoms with E-state index in [0.29, 0.717) is 44.1 Å². The number of rotatable bonds is 17. The molecule has 5 N–H and O–H groups in total. The number of aromatic nitrogens is 1. The van der Waals surface area contributed by atoms with E-state index in [1.807, 2.05) is 0 Å². The Morgan fingerprint density at radius 2 is 1.85 bits per heavy atom. The number of amides is 4. The predicted octanol–water partition coefficient (Wildman–Crippen LogP) is 0.292. The molecule has 41 heavy (non-hydrogen) atoms. The van der Waals surface area contributed by atoms with Gasteiger partial charge in [-0.1, -0.05) is 6.42 Å². The van der Waals surface area contributed by atoms with Gasteiger partial charge >= 0.3 is 5.97 Å². The first-order valence-corrected chi connectivity index (χ1v) is 14.6. The second-order valence-corrected chi connectivity index (χ2v) is 11.9. The molecule has 1 aliphatic rings. The van der Waals surface area contributed by atoms with E-state index in [1.165, 1.54) is 18.3 Å². The number of nitrogens with zero attached hydrogens (tertiary/aromatic N) is 1. The third kappa shape index (κ3) is 12.3. The number of esters is 1. The fourth-order valence-electron chi connectivity index (χ4n) is 3.93. The van der Waals surface area contributed by atoms with Crippen LogP contribution in [0.1, 0.15) is 78.3 Å². The number of carbonyl (C=O) groups is 6. The van der Waals surface area contributed by atoms with Gasteiger partial charge in [-0.25, -0.2) is 4.98 Å². The SMILES string of the molecule is C[C@@H](NC(=O)[C@@H](Cc1cscn1)NC(=O)C[C@H](O)CCCCC(=O)OC(C)(C)C)C(=O)NC1(C(=O)NCC=O)CC1. The van der Waals surface area contributed by atoms with Crippen LogP contribution in [0.15, 0.2) is 10.9 Å². The standard InChI is InChI=1S/C27H41N5O8S/c1-17(23(37)32-27(9-10-27)25(39)28-11-12-33)30-24(38)20(13-18-15-41-16-29-18)31-21(35)14-19(34)7-5-6-8-22(36)40-26(2,3)4/h12,15-17,19-20,34H,5-11,13-14H2,1-4H3,(H,28,39)(H,30,38)(H,31,35)(H,32,37)/t17-,19-,20-/m1/s1. The van der Waals surface area contributed by atoms with Crippen molar-refractivity contribution in [2.45, 2.75) is 108 Å². The number of carbonyl (C=O) groups excluding carboxylic acids is 6. The second kappa shape index (κ2) is 15.6. The summed E-state index contributed by atoms with van der Waals surface area (Å²) in [5, 5.41) is 22.3. The minimum atomic E-state index is -1.10. The number of aldehydes is 1. The molecule has 1 heterocycles. The monoisotopic (exact) mass is 595 g/mol. The molecule has 0 aromatic carbocycles. The highest BCUT2D eigenvalue weighted by Crippen LogP contribution is 2.35. The largest absolute Gasteiger partial charge is 0.460 e. The van der Waals surface area contributed by atoms with Crippen molar-refractivity contribution in [2.24, 2.45) is 0 Å². The molecular formula is C27H41N5O8S. The van der Waals surface area contributed by atoms with E-state index in [1.54, 1.807) is 31.7 Å². The molecule has 1 aromatic heterocycles. The highest BCUT2D eigenvalue weighted by atomic mass is 32.1. The topological polar surface area (TPSA) is 193 Å². The Kier molecular flexibility index (Phi) is 12.8. The maximum absolute atomic E-state index is 13.1. The molecule has 0 aliphatic heterocycles. The molecule has 13 nitrogen and oxygen atoms in total. The molecule has 0 spiro atoms. The third-order valence-corrected chi connectivity index (χ3v) is 6.84. The van der Waals surface area contributed by atoms with Gasteiger partial charge in [0.2, 0.25) is 23.6 Å². The van der Waals surface area contributed by atoms with Gasteiger partial charge < -0.3 is 35.9 Å². The summed E-state index contributed by atoms with van der Waals surface area (Å²) in [5.41, 5.74) is 0.495. The summed E-state index contributed by atoms with van der Waals surface area (Å²) < 4.78 is 5.25. The van der Waals surface area contributed by atoms with E-state index in [0.717, 1.165) is 0 Å². The van der Waals surface area contributed by atoms with Gasteiger partial charge in [0.25, 0.3) is 0 Å². The Balaban J connectivity index is 1.87. The fourth-order valence-corrected chi connectivity index (χ4v) is 4.50. The van der Waals surface area contributed by atoms with Crippen LogP contribution in [0.2, 0.25) is 0 Å². The van der Waals surface area contributed by atoms with Crippen molar-refractivity contribution in [1.82, 2.24) is 26.3 Å². The number of hydrogen-bond acceptors (Lipinski definition) is 10. The number of ether oxygens (including phenoxy) is 1. The minimum absolute atomic E-state index is 0.0689. The quantitative estimate of drug-likeness (QED) is 0.0956. The summed E-state index contributed by atoms with van der Waals surface area (Å²) in [7, 11) is 0. The molecule has 0 unspecified atom stereocenters. The van der Waals surface area contributed by atoms with E-state index in [4.69, 9.17) is 4.74 Å². The Bertz CT molecular complexity index is 1070. The highest BCUT2D eigenvalue weighted by Gasteiger charge is 2.51. The number of unbranched alkanes of at least 4 members (excludes halogenated alkanes) is 1. The lowest BCUT2D eigenvalue weighted by Crippen LogP contribution is -2.57. The molecule has 3 atom stereocenters. The van der Waals surface area contributed by atoms with Gasteiger partial charge in [0.1, 0.15) is 29.5 Å². The number of hydrogen-bond donors (Lipinski definition) is 5. The minimum Gasteiger partial charge on any atom is -0.460 e. The molecule has 1 fully saturated rings. The molecule has 1 aliphatic carbocycles. The van der Waals surface area contributed by atoms with E-state index in [-0.39, 0.29) is 31.8 Å². The Labute approximate surface area is 243 Å². The Morgan fingerprint density at radius 1 is 1.15 bits per heavy atom. The first-order valence-electron chi connectivity index (χ1n) is 13.7. The van der Waals surface area contributed by atoms with E-state index >= 15 is 0 Å². The zero-order valence-corrected chi connectivity index (χ0v) is 24.8. The van der Waals surface area contributed by atoms with Gasteiger partial charge in [-0.05, 0) is 53.4 Å². The van der Waals surface area contributed by atoms with Crippen molar-refractivity contribution in [3.63, 3.8) is 0 Å². The smallest absolute Gasteiger partial charge is 0.306 e. The zero-order valence-electron chi connectivity index (χ0n) is 24.0. The van der Waals surface area contributed by atoms with Gasteiger partial charge in [0.15, 0.2) is 0 Å². The summed E-state index contributed by atoms with van der Waals surface area (Å²) in [6.45, 7) is 6.64. The van der Waals surface area contributed by atoms with Gasteiger partial charge in [-0.15, -0.1) is 11.3 Å². The summed E-state index contributed by atoms with van der Waals surface area (Å²) in [6, 6.07) is -2.09. The third-order valence-electron chi connectivity index (χ3n) is 6.20. The molecule has 0 saturated heterocycles. The van der Waals surface area contributed by atoms with Crippen molar-refractivity contribution in [3.8, 4) is 0 Å². The molecule has 0 radical (unpaired) electrons. The van der Waals surface area contributed by atoms with Crippen LogP contribution >= 0.6 is 11.3 Å². The maximum atomic E-state index is 13.1. The number of nitrogens with one attached hydrogen (secondary N) is 4. The van der Waals surface area contributed by atoms with Gasteiger partial charge in [-0.2, -0.15) is 0 Å². The van der Waals surface area contributed by atoms with Crippen LogP contribution in [0, 0.1) is 0 Å². The van der Waals surface area contributed by atoms with Crippen LogP contribution in [-0.4, -0.2) is 81.8 Å². The summed E-state index contributed by atoms with van der Waals surface area (Å²) in [5.74, 6) is -2.56. The maximum Gasteiger partial charge on any atom is 0.306 e. The molecular weight excluding hydrogens is 554 g/mol. The zero-order chi connectivity index (χ0) is 30.6. The van der Waals surface area contributed by atoms with E-state index in [9.17, 15) is 33.9 Å². The van der Waals surface area contributed by atoms with Crippen molar-refractivity contribution >= 4 is 47.2 Å². The predicted molar refractivity (Wildman–Crippen MR) is 149 cm³/mol. The average molecular weight is 596 g/mol. The molecule has 228 valence electrons. The first-order chi connectivity index (χ1) is 19.2. The van der Waals surface area contributed by atoms with Crippen molar-refractivity contribution in [3.05, 3.63) is 16.6 Å². The van der Waals surface area contributed by atoms with Crippen LogP contribution < -0.4 is 21.3 Å². The van der Waals surface area contributed by atoms with Crippen molar-refractivity contribution in [2.75, 3.05) is 6.54 Å². The molecule has 4 amide bonds. The lowest BCUT2D eigenvalue weighted by Gasteiger charge is -2.23. The highest BCUT2D eigenvalue weighted by molar-refractivity contribution is 7.07. The van der Waals surface area contributed by atoms with Crippen molar-refractivity contribution in [1.29, 1.82) is 0 Å². The summed E-state index contributed by atoms with van der Waals surface area (Å²) in [4.78, 5) is 77.2. The van der Waals surface area contributed by atoms with Crippen molar-refractivity contribution < 1.29 is 38.6 Å². The first kappa shape index (κ1) is 33.8. The van der Waals surface area contributed by atoms with E-state index < -0.39 is 53.0 Å². The lowest BCUT2D eigenvalue weighted by atomic mass is 10.1. The average Bonchev–Trinajstić information content (AvgIpc) is 3.47. The summed E-state index contributed by atoms with van der Waals surface area (Å²) in [6.07, 6.45) is 1.73. The fraction of sp³-hybridized carbons (Fsp3) is 0.667. The van der Waals surface area contributed by atoms with Crippen LogP contribution in [0.25, 0.3) is 0 Å². The van der Waals surface area contributed by atoms with E-state index in [2.05, 4.69) is 26.3 Å². The molecule has 2 rings (SSSR count). The second-order valence-electron chi connectivity index (χ2n) is 11.2. The van der Waals surface area contributed by atoms with Crippen LogP contribution in [-0.2, 0) is 39.9 Å². The molecule has 1 saturated carbocycles. The number of thiazole rings is 1. The Morgan fingerprint density at radius 3 is 2.44 bits per heavy atom. The molecule has 14 heteroatoms. The summed E-state index contributed by atoms with van der Waals surface area (Å²) >= 11 is 1.33. The van der Waals surface area contributed by atoms with Gasteiger partial charge in [0, 0.05) is 18.2 Å².